The smallest absolute Gasteiger partial charge is 0.211 e. The van der Waals surface area contributed by atoms with Crippen molar-refractivity contribution in [3.8, 4) is 0 Å². The van der Waals surface area contributed by atoms with Gasteiger partial charge in [0.2, 0.25) is 6.08 Å². The molecule has 0 aliphatic heterocycles. The minimum atomic E-state index is -0.482. The predicted molar refractivity (Wildman–Crippen MR) is 55.2 cm³/mol. The van der Waals surface area contributed by atoms with Gasteiger partial charge in [0.05, 0.1) is 10.6 Å². The fraction of sp³-hybridized carbons (Fsp3) is 0.364. The molecule has 1 saturated carbocycles. The molecular formula is C11H9ClFNO. The summed E-state index contributed by atoms with van der Waals surface area (Å²) < 4.78 is 13.3. The first kappa shape index (κ1) is 10.3. The van der Waals surface area contributed by atoms with Crippen molar-refractivity contribution in [2.75, 3.05) is 0 Å². The second-order valence-electron chi connectivity index (χ2n) is 3.82. The molecule has 0 aromatic heterocycles. The van der Waals surface area contributed by atoms with Crippen LogP contribution in [-0.4, -0.2) is 6.08 Å². The van der Waals surface area contributed by atoms with Gasteiger partial charge in [-0.2, -0.15) is 4.99 Å². The van der Waals surface area contributed by atoms with Gasteiger partial charge in [-0.15, -0.1) is 0 Å². The van der Waals surface area contributed by atoms with Crippen LogP contribution in [0, 0.1) is 12.7 Å². The third-order valence-electron chi connectivity index (χ3n) is 2.73. The first-order valence-corrected chi connectivity index (χ1v) is 5.02. The van der Waals surface area contributed by atoms with Gasteiger partial charge in [-0.1, -0.05) is 17.7 Å². The fourth-order valence-electron chi connectivity index (χ4n) is 1.67. The lowest BCUT2D eigenvalue weighted by Gasteiger charge is -2.10. The number of halogens is 2. The van der Waals surface area contributed by atoms with Crippen molar-refractivity contribution in [3.63, 3.8) is 0 Å². The summed E-state index contributed by atoms with van der Waals surface area (Å²) in [6, 6.07) is 3.23. The highest BCUT2D eigenvalue weighted by Crippen LogP contribution is 2.50. The maximum atomic E-state index is 13.3. The third-order valence-corrected chi connectivity index (χ3v) is 3.01. The van der Waals surface area contributed by atoms with Crippen molar-refractivity contribution in [2.24, 2.45) is 4.99 Å². The number of aliphatic imine (C=N–C) groups is 1. The average Bonchev–Trinajstić information content (AvgIpc) is 2.95. The topological polar surface area (TPSA) is 29.4 Å². The summed E-state index contributed by atoms with van der Waals surface area (Å²) in [5.74, 6) is -0.411. The molecule has 0 heterocycles. The lowest BCUT2D eigenvalue weighted by Crippen LogP contribution is -2.03. The van der Waals surface area contributed by atoms with Crippen LogP contribution in [0.3, 0.4) is 0 Å². The molecule has 2 rings (SSSR count). The van der Waals surface area contributed by atoms with E-state index in [0.29, 0.717) is 5.56 Å². The molecule has 4 heteroatoms. The van der Waals surface area contributed by atoms with Gasteiger partial charge in [-0.3, -0.25) is 0 Å². The fourth-order valence-corrected chi connectivity index (χ4v) is 1.93. The van der Waals surface area contributed by atoms with Crippen molar-refractivity contribution >= 4 is 17.7 Å². The minimum Gasteiger partial charge on any atom is -0.211 e. The van der Waals surface area contributed by atoms with Gasteiger partial charge in [0, 0.05) is 0 Å². The Morgan fingerprint density at radius 2 is 2.20 bits per heavy atom. The third kappa shape index (κ3) is 1.69. The van der Waals surface area contributed by atoms with Gasteiger partial charge in [0.15, 0.2) is 0 Å². The summed E-state index contributed by atoms with van der Waals surface area (Å²) in [6.07, 6.45) is 3.15. The van der Waals surface area contributed by atoms with Crippen molar-refractivity contribution in [1.82, 2.24) is 0 Å². The zero-order valence-corrected chi connectivity index (χ0v) is 8.94. The minimum absolute atomic E-state index is 0.0809. The van der Waals surface area contributed by atoms with Crippen molar-refractivity contribution < 1.29 is 9.18 Å². The predicted octanol–water partition coefficient (Wildman–Crippen LogP) is 3.11. The summed E-state index contributed by atoms with van der Waals surface area (Å²) in [5, 5.41) is 0.0809. The molecule has 0 N–H and O–H groups in total. The molecule has 0 spiro atoms. The highest BCUT2D eigenvalue weighted by Gasteiger charge is 2.45. The molecule has 1 aliphatic rings. The standard InChI is InChI=1S/C11H9ClFNO/c1-7-4-8(5-9(12)10(7)13)11(2-3-11)14-6-15/h4-5H,2-3H2,1H3. The number of isocyanates is 1. The van der Waals surface area contributed by atoms with Crippen LogP contribution in [-0.2, 0) is 10.3 Å². The summed E-state index contributed by atoms with van der Waals surface area (Å²) in [6.45, 7) is 1.64. The maximum absolute atomic E-state index is 13.3. The largest absolute Gasteiger partial charge is 0.235 e. The Balaban J connectivity index is 2.51. The van der Waals surface area contributed by atoms with E-state index in [0.717, 1.165) is 18.4 Å². The SMILES string of the molecule is Cc1cc(C2(N=C=O)CC2)cc(Cl)c1F. The van der Waals surface area contributed by atoms with Gasteiger partial charge in [0.1, 0.15) is 5.82 Å². The number of hydrogen-bond donors (Lipinski definition) is 0. The lowest BCUT2D eigenvalue weighted by atomic mass is 10.0. The van der Waals surface area contributed by atoms with Gasteiger partial charge in [-0.05, 0) is 37.0 Å². The first-order valence-electron chi connectivity index (χ1n) is 4.64. The lowest BCUT2D eigenvalue weighted by molar-refractivity contribution is 0.556. The average molecular weight is 226 g/mol. The molecule has 15 heavy (non-hydrogen) atoms. The molecule has 0 amide bonds. The van der Waals surface area contributed by atoms with Crippen molar-refractivity contribution in [1.29, 1.82) is 0 Å². The number of rotatable bonds is 2. The Hall–Kier alpha value is -1.18. The van der Waals surface area contributed by atoms with E-state index in [1.165, 1.54) is 6.07 Å². The zero-order chi connectivity index (χ0) is 11.1. The van der Waals surface area contributed by atoms with Crippen LogP contribution in [0.4, 0.5) is 4.39 Å². The Labute approximate surface area is 91.8 Å². The van der Waals surface area contributed by atoms with Crippen LogP contribution in [0.2, 0.25) is 5.02 Å². The van der Waals surface area contributed by atoms with Crippen LogP contribution in [0.5, 0.6) is 0 Å². The van der Waals surface area contributed by atoms with Gasteiger partial charge >= 0.3 is 0 Å². The van der Waals surface area contributed by atoms with Crippen LogP contribution in [0.15, 0.2) is 17.1 Å². The zero-order valence-electron chi connectivity index (χ0n) is 8.18. The van der Waals surface area contributed by atoms with Gasteiger partial charge in [-0.25, -0.2) is 9.18 Å². The first-order chi connectivity index (χ1) is 7.09. The van der Waals surface area contributed by atoms with E-state index in [2.05, 4.69) is 4.99 Å². The Bertz CT molecular complexity index is 439. The molecule has 2 nitrogen and oxygen atoms in total. The van der Waals surface area contributed by atoms with E-state index < -0.39 is 11.4 Å². The van der Waals surface area contributed by atoms with Crippen molar-refractivity contribution in [2.45, 2.75) is 25.3 Å². The maximum Gasteiger partial charge on any atom is 0.235 e. The Morgan fingerprint density at radius 1 is 1.53 bits per heavy atom. The number of nitrogens with zero attached hydrogens (tertiary/aromatic N) is 1. The molecule has 0 bridgehead atoms. The molecule has 1 aromatic carbocycles. The van der Waals surface area contributed by atoms with Crippen molar-refractivity contribution in [3.05, 3.63) is 34.1 Å². The Morgan fingerprint density at radius 3 is 2.67 bits per heavy atom. The monoisotopic (exact) mass is 225 g/mol. The van der Waals surface area contributed by atoms with Gasteiger partial charge < -0.3 is 0 Å². The molecule has 0 atom stereocenters. The molecule has 1 aliphatic carbocycles. The quantitative estimate of drug-likeness (QED) is 0.562. The molecular weight excluding hydrogens is 217 g/mol. The summed E-state index contributed by atoms with van der Waals surface area (Å²) in [7, 11) is 0. The summed E-state index contributed by atoms with van der Waals surface area (Å²) in [5.41, 5.74) is 0.795. The number of carbonyl (C=O) groups excluding carboxylic acids is 1. The summed E-state index contributed by atoms with van der Waals surface area (Å²) >= 11 is 5.74. The Kier molecular flexibility index (Phi) is 2.37. The number of aryl methyl sites for hydroxylation is 1. The van der Waals surface area contributed by atoms with Gasteiger partial charge in [0.25, 0.3) is 0 Å². The molecule has 0 radical (unpaired) electrons. The van der Waals surface area contributed by atoms with E-state index >= 15 is 0 Å². The van der Waals surface area contributed by atoms with E-state index in [9.17, 15) is 9.18 Å². The van der Waals surface area contributed by atoms with E-state index in [1.807, 2.05) is 0 Å². The molecule has 1 fully saturated rings. The molecule has 1 aromatic rings. The van der Waals surface area contributed by atoms with Crippen LogP contribution in [0.1, 0.15) is 24.0 Å². The second kappa shape index (κ2) is 3.44. The highest BCUT2D eigenvalue weighted by molar-refractivity contribution is 6.30. The van der Waals surface area contributed by atoms with Crippen LogP contribution < -0.4 is 0 Å². The van der Waals surface area contributed by atoms with Crippen LogP contribution in [0.25, 0.3) is 0 Å². The molecule has 0 saturated heterocycles. The normalized spacial score (nSPS) is 17.0. The van der Waals surface area contributed by atoms with E-state index in [-0.39, 0.29) is 5.02 Å². The van der Waals surface area contributed by atoms with Crippen LogP contribution >= 0.6 is 11.6 Å². The van der Waals surface area contributed by atoms with E-state index in [4.69, 9.17) is 11.6 Å². The molecule has 0 unspecified atom stereocenters. The summed E-state index contributed by atoms with van der Waals surface area (Å²) in [4.78, 5) is 14.0. The number of hydrogen-bond acceptors (Lipinski definition) is 2. The number of benzene rings is 1. The second-order valence-corrected chi connectivity index (χ2v) is 4.23. The molecule has 78 valence electrons. The van der Waals surface area contributed by atoms with E-state index in [1.54, 1.807) is 19.1 Å². The highest BCUT2D eigenvalue weighted by atomic mass is 35.5.